The molecule has 13 heavy (non-hydrogen) atoms. The second kappa shape index (κ2) is 3.22. The number of hydrogen-bond donors (Lipinski definition) is 0. The standard InChI is InChI=1S/C9H6FNOS/c10-7-2-1-6-3-8(5-11-12)13-9(6)4-7/h1-4H,5H2. The Balaban J connectivity index is 2.55. The molecule has 0 spiro atoms. The molecule has 1 aromatic carbocycles. The Morgan fingerprint density at radius 3 is 3.00 bits per heavy atom. The van der Waals surface area contributed by atoms with Crippen molar-refractivity contribution in [3.63, 3.8) is 0 Å². The Morgan fingerprint density at radius 1 is 1.38 bits per heavy atom. The van der Waals surface area contributed by atoms with Gasteiger partial charge in [-0.3, -0.25) is 0 Å². The summed E-state index contributed by atoms with van der Waals surface area (Å²) in [6.07, 6.45) is 0. The fourth-order valence-electron chi connectivity index (χ4n) is 1.20. The van der Waals surface area contributed by atoms with E-state index in [0.29, 0.717) is 0 Å². The highest BCUT2D eigenvalue weighted by molar-refractivity contribution is 7.19. The summed E-state index contributed by atoms with van der Waals surface area (Å²) in [5.74, 6) is -0.250. The van der Waals surface area contributed by atoms with Gasteiger partial charge in [0.05, 0.1) is 0 Å². The van der Waals surface area contributed by atoms with Crippen molar-refractivity contribution in [2.45, 2.75) is 6.54 Å². The van der Waals surface area contributed by atoms with Crippen LogP contribution in [-0.4, -0.2) is 0 Å². The summed E-state index contributed by atoms with van der Waals surface area (Å²) >= 11 is 1.40. The maximum atomic E-state index is 12.8. The van der Waals surface area contributed by atoms with Gasteiger partial charge in [0.15, 0.2) is 0 Å². The number of benzene rings is 1. The average molecular weight is 195 g/mol. The number of nitroso groups, excluding NO2 is 1. The minimum absolute atomic E-state index is 0.168. The van der Waals surface area contributed by atoms with E-state index in [9.17, 15) is 9.30 Å². The molecule has 0 atom stereocenters. The normalized spacial score (nSPS) is 10.5. The summed E-state index contributed by atoms with van der Waals surface area (Å²) in [5, 5.41) is 3.75. The second-order valence-electron chi connectivity index (χ2n) is 2.68. The van der Waals surface area contributed by atoms with Crippen LogP contribution in [0.15, 0.2) is 29.4 Å². The number of halogens is 1. The van der Waals surface area contributed by atoms with Crippen LogP contribution in [0, 0.1) is 10.7 Å². The Morgan fingerprint density at radius 2 is 2.23 bits per heavy atom. The molecular weight excluding hydrogens is 189 g/mol. The summed E-state index contributed by atoms with van der Waals surface area (Å²) in [6.45, 7) is 0.168. The van der Waals surface area contributed by atoms with E-state index in [1.807, 2.05) is 6.07 Å². The molecule has 0 radical (unpaired) electrons. The third kappa shape index (κ3) is 1.58. The number of nitrogens with zero attached hydrogens (tertiary/aromatic N) is 1. The van der Waals surface area contributed by atoms with Crippen molar-refractivity contribution in [2.75, 3.05) is 0 Å². The molecule has 0 amide bonds. The highest BCUT2D eigenvalue weighted by Crippen LogP contribution is 2.26. The van der Waals surface area contributed by atoms with Gasteiger partial charge >= 0.3 is 0 Å². The van der Waals surface area contributed by atoms with Crippen molar-refractivity contribution in [1.82, 2.24) is 0 Å². The maximum absolute atomic E-state index is 12.8. The number of hydrogen-bond acceptors (Lipinski definition) is 3. The third-order valence-corrected chi connectivity index (χ3v) is 2.84. The zero-order valence-corrected chi connectivity index (χ0v) is 7.47. The van der Waals surface area contributed by atoms with E-state index >= 15 is 0 Å². The molecular formula is C9H6FNOS. The lowest BCUT2D eigenvalue weighted by molar-refractivity contribution is 0.630. The highest BCUT2D eigenvalue weighted by atomic mass is 32.1. The predicted molar refractivity (Wildman–Crippen MR) is 51.3 cm³/mol. The molecule has 4 heteroatoms. The van der Waals surface area contributed by atoms with Gasteiger partial charge in [0.1, 0.15) is 12.4 Å². The maximum Gasteiger partial charge on any atom is 0.124 e. The van der Waals surface area contributed by atoms with Gasteiger partial charge in [-0.15, -0.1) is 11.3 Å². The van der Waals surface area contributed by atoms with Gasteiger partial charge in [0, 0.05) is 9.58 Å². The predicted octanol–water partition coefficient (Wildman–Crippen LogP) is 3.31. The van der Waals surface area contributed by atoms with Crippen LogP contribution in [0.3, 0.4) is 0 Å². The largest absolute Gasteiger partial charge is 0.207 e. The molecule has 0 unspecified atom stereocenters. The fourth-order valence-corrected chi connectivity index (χ4v) is 2.20. The van der Waals surface area contributed by atoms with Gasteiger partial charge in [-0.05, 0) is 23.6 Å². The fraction of sp³-hybridized carbons (Fsp3) is 0.111. The molecule has 2 nitrogen and oxygen atoms in total. The molecule has 0 fully saturated rings. The molecule has 0 bridgehead atoms. The van der Waals surface area contributed by atoms with Crippen LogP contribution in [0.2, 0.25) is 0 Å². The van der Waals surface area contributed by atoms with Crippen molar-refractivity contribution in [2.24, 2.45) is 5.18 Å². The molecule has 2 aromatic rings. The topological polar surface area (TPSA) is 29.4 Å². The lowest BCUT2D eigenvalue weighted by atomic mass is 10.2. The minimum atomic E-state index is -0.250. The van der Waals surface area contributed by atoms with Gasteiger partial charge in [-0.25, -0.2) is 4.39 Å². The molecule has 0 N–H and O–H groups in total. The van der Waals surface area contributed by atoms with Gasteiger partial charge in [-0.2, -0.15) is 4.91 Å². The Hall–Kier alpha value is -1.29. The first kappa shape index (κ1) is 8.31. The summed E-state index contributed by atoms with van der Waals surface area (Å²) < 4.78 is 13.6. The zero-order chi connectivity index (χ0) is 9.26. The van der Waals surface area contributed by atoms with Crippen LogP contribution in [0.4, 0.5) is 4.39 Å². The van der Waals surface area contributed by atoms with Crippen molar-refractivity contribution >= 4 is 21.4 Å². The summed E-state index contributed by atoms with van der Waals surface area (Å²) in [7, 11) is 0. The van der Waals surface area contributed by atoms with Crippen LogP contribution in [0.25, 0.3) is 10.1 Å². The van der Waals surface area contributed by atoms with E-state index in [1.165, 1.54) is 23.5 Å². The van der Waals surface area contributed by atoms with E-state index in [4.69, 9.17) is 0 Å². The van der Waals surface area contributed by atoms with Crippen molar-refractivity contribution in [3.8, 4) is 0 Å². The van der Waals surface area contributed by atoms with E-state index in [-0.39, 0.29) is 12.4 Å². The zero-order valence-electron chi connectivity index (χ0n) is 6.66. The van der Waals surface area contributed by atoms with Crippen molar-refractivity contribution in [1.29, 1.82) is 0 Å². The Bertz CT molecular complexity index is 452. The van der Waals surface area contributed by atoms with Crippen LogP contribution in [-0.2, 0) is 6.54 Å². The van der Waals surface area contributed by atoms with E-state index in [2.05, 4.69) is 5.18 Å². The monoisotopic (exact) mass is 195 g/mol. The van der Waals surface area contributed by atoms with Crippen LogP contribution in [0.1, 0.15) is 4.88 Å². The van der Waals surface area contributed by atoms with Crippen LogP contribution >= 0.6 is 11.3 Å². The minimum Gasteiger partial charge on any atom is -0.207 e. The lowest BCUT2D eigenvalue weighted by Crippen LogP contribution is -1.68. The third-order valence-electron chi connectivity index (χ3n) is 1.75. The smallest absolute Gasteiger partial charge is 0.124 e. The molecule has 0 aliphatic carbocycles. The molecule has 1 aromatic heterocycles. The number of rotatable bonds is 2. The summed E-state index contributed by atoms with van der Waals surface area (Å²) in [4.78, 5) is 10.9. The molecule has 1 heterocycles. The molecule has 0 saturated heterocycles. The summed E-state index contributed by atoms with van der Waals surface area (Å²) in [5.41, 5.74) is 0. The molecule has 0 aliphatic heterocycles. The quantitative estimate of drug-likeness (QED) is 0.676. The number of fused-ring (bicyclic) bond motifs is 1. The van der Waals surface area contributed by atoms with Crippen LogP contribution in [0.5, 0.6) is 0 Å². The molecule has 2 rings (SSSR count). The van der Waals surface area contributed by atoms with E-state index in [0.717, 1.165) is 15.0 Å². The first-order valence-electron chi connectivity index (χ1n) is 3.76. The second-order valence-corrected chi connectivity index (χ2v) is 3.85. The number of thiophene rings is 1. The highest BCUT2D eigenvalue weighted by Gasteiger charge is 2.02. The van der Waals surface area contributed by atoms with Gasteiger partial charge < -0.3 is 0 Å². The first-order chi connectivity index (χ1) is 6.29. The van der Waals surface area contributed by atoms with Gasteiger partial charge in [-0.1, -0.05) is 11.2 Å². The van der Waals surface area contributed by atoms with Crippen LogP contribution < -0.4 is 0 Å². The molecule has 0 aliphatic rings. The van der Waals surface area contributed by atoms with Gasteiger partial charge in [0.25, 0.3) is 0 Å². The molecule has 0 saturated carbocycles. The van der Waals surface area contributed by atoms with E-state index in [1.54, 1.807) is 6.07 Å². The molecule has 66 valence electrons. The Kier molecular flexibility index (Phi) is 2.06. The lowest BCUT2D eigenvalue weighted by Gasteiger charge is -1.86. The Labute approximate surface area is 78.0 Å². The average Bonchev–Trinajstić information content (AvgIpc) is 2.46. The van der Waals surface area contributed by atoms with E-state index < -0.39 is 0 Å². The van der Waals surface area contributed by atoms with Crippen molar-refractivity contribution in [3.05, 3.63) is 39.9 Å². The van der Waals surface area contributed by atoms with Crippen molar-refractivity contribution < 1.29 is 4.39 Å². The van der Waals surface area contributed by atoms with Gasteiger partial charge in [0.2, 0.25) is 0 Å². The summed E-state index contributed by atoms with van der Waals surface area (Å²) in [6, 6.07) is 6.44. The first-order valence-corrected chi connectivity index (χ1v) is 4.58. The SMILES string of the molecule is O=NCc1cc2ccc(F)cc2s1.